The van der Waals surface area contributed by atoms with E-state index in [0.717, 1.165) is 16.1 Å². The van der Waals surface area contributed by atoms with Gasteiger partial charge in [0.1, 0.15) is 11.8 Å². The lowest BCUT2D eigenvalue weighted by Gasteiger charge is -2.31. The lowest BCUT2D eigenvalue weighted by Crippen LogP contribution is -2.48. The monoisotopic (exact) mass is 470 g/mol. The summed E-state index contributed by atoms with van der Waals surface area (Å²) in [6.45, 7) is 1.79. The summed E-state index contributed by atoms with van der Waals surface area (Å²) in [4.78, 5) is 14.6. The summed E-state index contributed by atoms with van der Waals surface area (Å²) in [6, 6.07) is 8.89. The van der Waals surface area contributed by atoms with Crippen LogP contribution in [0.5, 0.6) is 17.2 Å². The molecule has 0 spiro atoms. The van der Waals surface area contributed by atoms with E-state index in [-0.39, 0.29) is 23.2 Å². The van der Waals surface area contributed by atoms with Gasteiger partial charge in [-0.15, -0.1) is 0 Å². The maximum Gasteiger partial charge on any atom is 0.246 e. The van der Waals surface area contributed by atoms with Gasteiger partial charge < -0.3 is 19.1 Å². The molecule has 0 aromatic heterocycles. The molecule has 0 bridgehead atoms. The number of rotatable bonds is 9. The number of sulfonamides is 1. The van der Waals surface area contributed by atoms with E-state index in [1.165, 1.54) is 32.1 Å². The van der Waals surface area contributed by atoms with Crippen molar-refractivity contribution in [2.24, 2.45) is 0 Å². The molecule has 2 aromatic carbocycles. The Labute approximate surface area is 188 Å². The minimum atomic E-state index is -3.77. The number of anilines is 1. The molecule has 170 valence electrons. The molecule has 10 heteroatoms. The zero-order valence-corrected chi connectivity index (χ0v) is 20.0. The van der Waals surface area contributed by atoms with Crippen molar-refractivity contribution < 1.29 is 27.4 Å². The van der Waals surface area contributed by atoms with Gasteiger partial charge in [-0.2, -0.15) is 0 Å². The van der Waals surface area contributed by atoms with Gasteiger partial charge in [-0.1, -0.05) is 17.7 Å². The molecule has 0 fully saturated rings. The Hall–Kier alpha value is -2.65. The Morgan fingerprint density at radius 3 is 2.10 bits per heavy atom. The molecule has 0 N–H and O–H groups in total. The molecular formula is C21H27ClN2O6S. The van der Waals surface area contributed by atoms with Crippen LogP contribution in [0.3, 0.4) is 0 Å². The molecule has 2 rings (SSSR count). The molecule has 31 heavy (non-hydrogen) atoms. The Morgan fingerprint density at radius 1 is 1.00 bits per heavy atom. The molecule has 1 atom stereocenters. The van der Waals surface area contributed by atoms with Crippen molar-refractivity contribution in [3.63, 3.8) is 0 Å². The van der Waals surface area contributed by atoms with E-state index >= 15 is 0 Å². The number of nitrogens with zero attached hydrogens (tertiary/aromatic N) is 2. The van der Waals surface area contributed by atoms with E-state index in [4.69, 9.17) is 25.8 Å². The Morgan fingerprint density at radius 2 is 1.58 bits per heavy atom. The quantitative estimate of drug-likeness (QED) is 0.559. The first-order valence-electron chi connectivity index (χ1n) is 9.32. The topological polar surface area (TPSA) is 85.4 Å². The number of carbonyl (C=O) groups excluding carboxylic acids is 1. The zero-order valence-electron chi connectivity index (χ0n) is 18.4. The highest BCUT2D eigenvalue weighted by Crippen LogP contribution is 2.32. The molecule has 0 saturated heterocycles. The van der Waals surface area contributed by atoms with Crippen molar-refractivity contribution in [2.45, 2.75) is 19.5 Å². The van der Waals surface area contributed by atoms with Crippen LogP contribution in [-0.4, -0.2) is 59.9 Å². The van der Waals surface area contributed by atoms with Gasteiger partial charge in [0, 0.05) is 13.6 Å². The molecule has 2 aromatic rings. The third-order valence-electron chi connectivity index (χ3n) is 4.70. The smallest absolute Gasteiger partial charge is 0.246 e. The van der Waals surface area contributed by atoms with Crippen molar-refractivity contribution in [2.75, 3.05) is 38.9 Å². The van der Waals surface area contributed by atoms with Crippen LogP contribution in [0.2, 0.25) is 5.02 Å². The number of benzene rings is 2. The van der Waals surface area contributed by atoms with Gasteiger partial charge in [0.25, 0.3) is 0 Å². The maximum atomic E-state index is 13.1. The fourth-order valence-corrected chi connectivity index (χ4v) is 4.66. The minimum Gasteiger partial charge on any atom is -0.495 e. The highest BCUT2D eigenvalue weighted by atomic mass is 35.5. The summed E-state index contributed by atoms with van der Waals surface area (Å²) in [5, 5.41) is 0.243. The van der Waals surface area contributed by atoms with E-state index in [1.807, 2.05) is 6.07 Å². The Kier molecular flexibility index (Phi) is 8.02. The molecule has 0 aliphatic carbocycles. The van der Waals surface area contributed by atoms with Crippen LogP contribution in [-0.2, 0) is 21.4 Å². The van der Waals surface area contributed by atoms with Crippen LogP contribution in [0, 0.1) is 0 Å². The van der Waals surface area contributed by atoms with E-state index in [2.05, 4.69) is 0 Å². The fourth-order valence-electron chi connectivity index (χ4n) is 3.24. The predicted octanol–water partition coefficient (Wildman–Crippen LogP) is 3.18. The Balaban J connectivity index is 2.30. The van der Waals surface area contributed by atoms with E-state index in [9.17, 15) is 13.2 Å². The number of methoxy groups -OCH3 is 3. The SMILES string of the molecule is COc1ccc(N([C@H](C)C(=O)N(C)Cc2ccc(OC)c(OC)c2)S(C)(=O)=O)cc1Cl. The van der Waals surface area contributed by atoms with Gasteiger partial charge in [0.05, 0.1) is 38.3 Å². The van der Waals surface area contributed by atoms with E-state index in [0.29, 0.717) is 17.2 Å². The molecule has 0 unspecified atom stereocenters. The number of hydrogen-bond donors (Lipinski definition) is 0. The van der Waals surface area contributed by atoms with Crippen LogP contribution >= 0.6 is 11.6 Å². The number of carbonyl (C=O) groups is 1. The fraction of sp³-hybridized carbons (Fsp3) is 0.381. The van der Waals surface area contributed by atoms with Gasteiger partial charge in [-0.3, -0.25) is 9.10 Å². The van der Waals surface area contributed by atoms with Crippen LogP contribution < -0.4 is 18.5 Å². The summed E-state index contributed by atoms with van der Waals surface area (Å²) in [5.74, 6) is 1.14. The molecule has 0 aliphatic heterocycles. The van der Waals surface area contributed by atoms with Gasteiger partial charge in [-0.25, -0.2) is 8.42 Å². The van der Waals surface area contributed by atoms with E-state index in [1.54, 1.807) is 38.4 Å². The van der Waals surface area contributed by atoms with Crippen molar-refractivity contribution >= 4 is 33.2 Å². The second-order valence-electron chi connectivity index (χ2n) is 6.94. The second-order valence-corrected chi connectivity index (χ2v) is 9.20. The van der Waals surface area contributed by atoms with Crippen molar-refractivity contribution in [3.8, 4) is 17.2 Å². The molecule has 0 aliphatic rings. The zero-order chi connectivity index (χ0) is 23.3. The van der Waals surface area contributed by atoms with Crippen LogP contribution in [0.4, 0.5) is 5.69 Å². The second kappa shape index (κ2) is 10.1. The van der Waals surface area contributed by atoms with Crippen LogP contribution in [0.15, 0.2) is 36.4 Å². The highest BCUT2D eigenvalue weighted by molar-refractivity contribution is 7.92. The average molecular weight is 471 g/mol. The molecular weight excluding hydrogens is 444 g/mol. The number of ether oxygens (including phenoxy) is 3. The van der Waals surface area contributed by atoms with Crippen molar-refractivity contribution in [1.29, 1.82) is 0 Å². The summed E-state index contributed by atoms with van der Waals surface area (Å²) >= 11 is 6.17. The van der Waals surface area contributed by atoms with Crippen LogP contribution in [0.25, 0.3) is 0 Å². The van der Waals surface area contributed by atoms with Gasteiger partial charge in [0.15, 0.2) is 11.5 Å². The van der Waals surface area contributed by atoms with Gasteiger partial charge in [0.2, 0.25) is 15.9 Å². The number of likely N-dealkylation sites (N-methyl/N-ethyl adjacent to an activating group) is 1. The van der Waals surface area contributed by atoms with Crippen molar-refractivity contribution in [3.05, 3.63) is 47.0 Å². The molecule has 0 heterocycles. The average Bonchev–Trinajstić information content (AvgIpc) is 2.72. The standard InChI is InChI=1S/C21H27ClN2O6S/c1-14(24(31(6,26)27)16-8-10-18(28-3)17(22)12-16)21(25)23(2)13-15-7-9-19(29-4)20(11-15)30-5/h7-12,14H,13H2,1-6H3/t14-/m1/s1. The third-order valence-corrected chi connectivity index (χ3v) is 6.24. The lowest BCUT2D eigenvalue weighted by molar-refractivity contribution is -0.131. The van der Waals surface area contributed by atoms with E-state index < -0.39 is 16.1 Å². The summed E-state index contributed by atoms with van der Waals surface area (Å²) < 4.78 is 41.8. The predicted molar refractivity (Wildman–Crippen MR) is 121 cm³/mol. The largest absolute Gasteiger partial charge is 0.495 e. The number of amides is 1. The third kappa shape index (κ3) is 5.74. The summed E-state index contributed by atoms with van der Waals surface area (Å²) in [5.41, 5.74) is 1.08. The van der Waals surface area contributed by atoms with Crippen LogP contribution in [0.1, 0.15) is 12.5 Å². The molecule has 1 amide bonds. The van der Waals surface area contributed by atoms with Gasteiger partial charge >= 0.3 is 0 Å². The minimum absolute atomic E-state index is 0.243. The van der Waals surface area contributed by atoms with Gasteiger partial charge in [-0.05, 0) is 42.8 Å². The normalized spacial score (nSPS) is 12.1. The lowest BCUT2D eigenvalue weighted by atomic mass is 10.1. The first-order chi connectivity index (χ1) is 14.5. The molecule has 0 radical (unpaired) electrons. The summed E-state index contributed by atoms with van der Waals surface area (Å²) in [6.07, 6.45) is 1.04. The molecule has 8 nitrogen and oxygen atoms in total. The first-order valence-corrected chi connectivity index (χ1v) is 11.5. The number of hydrogen-bond acceptors (Lipinski definition) is 6. The maximum absolute atomic E-state index is 13.1. The highest BCUT2D eigenvalue weighted by Gasteiger charge is 2.31. The first kappa shape index (κ1) is 24.6. The van der Waals surface area contributed by atoms with Crippen molar-refractivity contribution in [1.82, 2.24) is 4.90 Å². The Bertz CT molecular complexity index is 1040. The molecule has 0 saturated carbocycles. The summed E-state index contributed by atoms with van der Waals surface area (Å²) in [7, 11) is 2.37. The number of halogens is 1.